The maximum Gasteiger partial charge on any atom is 0.143 e. The van der Waals surface area contributed by atoms with E-state index in [1.165, 1.54) is 132 Å². The summed E-state index contributed by atoms with van der Waals surface area (Å²) in [6.07, 6.45) is 3.50. The zero-order valence-electron chi connectivity index (χ0n) is 49.8. The highest BCUT2D eigenvalue weighted by Gasteiger charge is 2.24. The highest BCUT2D eigenvalue weighted by atomic mass is 16.3. The lowest BCUT2D eigenvalue weighted by molar-refractivity contribution is 0.671. The van der Waals surface area contributed by atoms with E-state index in [0.29, 0.717) is 0 Å². The molecule has 2 aliphatic rings. The van der Waals surface area contributed by atoms with Crippen LogP contribution >= 0.6 is 0 Å². The molecule has 0 unspecified atom stereocenters. The summed E-state index contributed by atoms with van der Waals surface area (Å²) < 4.78 is 6.66. The Balaban J connectivity index is 0.000000137. The number of allylic oxidation sites excluding steroid dienone is 2. The van der Waals surface area contributed by atoms with Crippen molar-refractivity contribution in [3.05, 3.63) is 329 Å². The molecule has 0 spiro atoms. The fourth-order valence-electron chi connectivity index (χ4n) is 13.5. The SMILES string of the molecule is C=CC.C=CC.c1ccc(-c2cccc3c2oc2c(-c4ccc(-c5cc6c7c(cccc7c5)-c5ccccc5-6)cc4)cccc23)cc1.c1ccc2c(c1)-c1cccc3cc(-c4ccc(-c5ccc6cc(-c7ccc8ccccc8c7)ccc6c5)cc4)cc-2c13. The first-order valence-corrected chi connectivity index (χ1v) is 30.7. The zero-order chi connectivity index (χ0) is 60.0. The molecular weight excluding hydrogens is 1070 g/mol. The second-order valence-electron chi connectivity index (χ2n) is 23.1. The van der Waals surface area contributed by atoms with Crippen molar-refractivity contribution in [1.29, 1.82) is 0 Å². The molecule has 0 bridgehead atoms. The molecule has 0 saturated carbocycles. The number of hydrogen-bond acceptors (Lipinski definition) is 1. The predicted molar refractivity (Wildman–Crippen MR) is 383 cm³/mol. The van der Waals surface area contributed by atoms with Gasteiger partial charge in [-0.05, 0) is 200 Å². The van der Waals surface area contributed by atoms with Crippen molar-refractivity contribution in [3.63, 3.8) is 0 Å². The van der Waals surface area contributed by atoms with Gasteiger partial charge in [0.25, 0.3) is 0 Å². The normalized spacial score (nSPS) is 11.3. The highest BCUT2D eigenvalue weighted by Crippen LogP contribution is 2.51. The van der Waals surface area contributed by atoms with E-state index < -0.39 is 0 Å². The average molecular weight is 1140 g/mol. The van der Waals surface area contributed by atoms with Gasteiger partial charge in [-0.3, -0.25) is 0 Å². The third kappa shape index (κ3) is 9.80. The minimum Gasteiger partial charge on any atom is -0.455 e. The van der Waals surface area contributed by atoms with Crippen molar-refractivity contribution in [2.24, 2.45) is 0 Å². The maximum absolute atomic E-state index is 6.66. The summed E-state index contributed by atoms with van der Waals surface area (Å²) in [5, 5.41) is 12.7. The van der Waals surface area contributed by atoms with Gasteiger partial charge < -0.3 is 4.42 Å². The van der Waals surface area contributed by atoms with Crippen molar-refractivity contribution < 1.29 is 4.42 Å². The molecule has 0 radical (unpaired) electrons. The van der Waals surface area contributed by atoms with Crippen LogP contribution in [0, 0.1) is 0 Å². The number of hydrogen-bond donors (Lipinski definition) is 0. The van der Waals surface area contributed by atoms with Gasteiger partial charge in [0.2, 0.25) is 0 Å². The summed E-state index contributed by atoms with van der Waals surface area (Å²) in [6.45, 7) is 10.5. The predicted octanol–water partition coefficient (Wildman–Crippen LogP) is 25.6. The van der Waals surface area contributed by atoms with Crippen LogP contribution in [0.5, 0.6) is 0 Å². The van der Waals surface area contributed by atoms with Crippen LogP contribution in [-0.4, -0.2) is 0 Å². The Morgan fingerprint density at radius 3 is 0.978 bits per heavy atom. The monoisotopic (exact) mass is 1130 g/mol. The molecule has 420 valence electrons. The van der Waals surface area contributed by atoms with Gasteiger partial charge in [0.05, 0.1) is 0 Å². The number of furan rings is 1. The number of fused-ring (bicyclic) bond motifs is 11. The van der Waals surface area contributed by atoms with Gasteiger partial charge in [-0.25, -0.2) is 0 Å². The van der Waals surface area contributed by atoms with Gasteiger partial charge in [-0.15, -0.1) is 13.2 Å². The Kier molecular flexibility index (Phi) is 14.1. The van der Waals surface area contributed by atoms with Crippen LogP contribution in [0.4, 0.5) is 0 Å². The second kappa shape index (κ2) is 23.1. The van der Waals surface area contributed by atoms with E-state index in [9.17, 15) is 0 Å². The third-order valence-corrected chi connectivity index (χ3v) is 17.6. The van der Waals surface area contributed by atoms with E-state index >= 15 is 0 Å². The standard InChI is InChI=1S/C42H26.C40H24O.2C3H6/c1-2-7-30-22-32(17-16-27(30)6-1)35-21-20-33-23-31(18-19-34(33)24-35)28-12-14-29(15-13-28)37-25-36-8-5-11-40-38-9-3-4-10-39(38)41(26-37)42(36)40;1-2-9-26(10-3-1)30-14-7-17-35-36-18-8-15-31(40(36)41-39(30)35)27-21-19-25(20-22-27)29-23-28-11-6-16-34-32-12-4-5-13-33(32)37(24-29)38(28)34;2*1-3-2/h1-26H;1-24H;2*3H,1H2,2H3. The molecule has 0 amide bonds. The first-order chi connectivity index (χ1) is 43.9. The highest BCUT2D eigenvalue weighted by molar-refractivity contribution is 6.18. The summed E-state index contributed by atoms with van der Waals surface area (Å²) in [5.41, 5.74) is 27.0. The molecular formula is C88H62O. The topological polar surface area (TPSA) is 13.1 Å². The molecule has 1 heterocycles. The van der Waals surface area contributed by atoms with E-state index in [4.69, 9.17) is 4.42 Å². The van der Waals surface area contributed by atoms with E-state index in [-0.39, 0.29) is 0 Å². The lowest BCUT2D eigenvalue weighted by Crippen LogP contribution is -1.84. The first-order valence-electron chi connectivity index (χ1n) is 30.7. The molecule has 2 aliphatic carbocycles. The van der Waals surface area contributed by atoms with Gasteiger partial charge in [0.1, 0.15) is 11.2 Å². The van der Waals surface area contributed by atoms with Crippen molar-refractivity contribution >= 4 is 65.0 Å². The van der Waals surface area contributed by atoms with Crippen LogP contribution in [0.25, 0.3) is 176 Å². The first kappa shape index (κ1) is 54.3. The molecule has 0 N–H and O–H groups in total. The Labute approximate surface area is 520 Å². The molecule has 0 fully saturated rings. The van der Waals surface area contributed by atoms with Crippen LogP contribution in [0.1, 0.15) is 13.8 Å². The molecule has 1 heteroatoms. The molecule has 89 heavy (non-hydrogen) atoms. The van der Waals surface area contributed by atoms with Gasteiger partial charge >= 0.3 is 0 Å². The largest absolute Gasteiger partial charge is 0.455 e. The fourth-order valence-corrected chi connectivity index (χ4v) is 13.5. The molecule has 0 saturated heterocycles. The Morgan fingerprint density at radius 1 is 0.213 bits per heavy atom. The second-order valence-corrected chi connectivity index (χ2v) is 23.1. The minimum absolute atomic E-state index is 0.932. The van der Waals surface area contributed by atoms with E-state index in [1.54, 1.807) is 12.2 Å². The van der Waals surface area contributed by atoms with E-state index in [1.807, 2.05) is 19.9 Å². The molecule has 16 aromatic rings. The smallest absolute Gasteiger partial charge is 0.143 e. The van der Waals surface area contributed by atoms with Crippen LogP contribution in [0.3, 0.4) is 0 Å². The Bertz CT molecular complexity index is 5400. The summed E-state index contributed by atoms with van der Waals surface area (Å²) >= 11 is 0. The lowest BCUT2D eigenvalue weighted by atomic mass is 9.94. The number of benzene rings is 15. The molecule has 15 aromatic carbocycles. The maximum atomic E-state index is 6.66. The van der Waals surface area contributed by atoms with Crippen LogP contribution in [-0.2, 0) is 0 Å². The van der Waals surface area contributed by atoms with Crippen molar-refractivity contribution in [1.82, 2.24) is 0 Å². The Morgan fingerprint density at radius 2 is 0.506 bits per heavy atom. The summed E-state index contributed by atoms with van der Waals surface area (Å²) in [6, 6.07) is 110. The van der Waals surface area contributed by atoms with E-state index in [2.05, 4.69) is 310 Å². The molecule has 1 aromatic heterocycles. The van der Waals surface area contributed by atoms with Gasteiger partial charge in [-0.1, -0.05) is 273 Å². The molecule has 18 rings (SSSR count). The van der Waals surface area contributed by atoms with Gasteiger partial charge in [0.15, 0.2) is 0 Å². The summed E-state index contributed by atoms with van der Waals surface area (Å²) in [7, 11) is 0. The van der Waals surface area contributed by atoms with Gasteiger partial charge in [0, 0.05) is 21.9 Å². The quantitative estimate of drug-likeness (QED) is 0.151. The van der Waals surface area contributed by atoms with Crippen molar-refractivity contribution in [2.75, 3.05) is 0 Å². The average Bonchev–Trinajstić information content (AvgIpc) is 4.44. The number of para-hydroxylation sites is 2. The molecule has 1 nitrogen and oxygen atoms in total. The minimum atomic E-state index is 0.932. The number of rotatable bonds is 6. The third-order valence-electron chi connectivity index (χ3n) is 17.6. The summed E-state index contributed by atoms with van der Waals surface area (Å²) in [4.78, 5) is 0. The van der Waals surface area contributed by atoms with Crippen molar-refractivity contribution in [2.45, 2.75) is 13.8 Å². The fraction of sp³-hybridized carbons (Fsp3) is 0.0227. The zero-order valence-corrected chi connectivity index (χ0v) is 49.8. The van der Waals surface area contributed by atoms with Crippen molar-refractivity contribution in [3.8, 4) is 111 Å². The van der Waals surface area contributed by atoms with Crippen LogP contribution in [0.2, 0.25) is 0 Å². The Hall–Kier alpha value is -11.4. The molecule has 0 atom stereocenters. The summed E-state index contributed by atoms with van der Waals surface area (Å²) in [5.74, 6) is 0. The van der Waals surface area contributed by atoms with Gasteiger partial charge in [-0.2, -0.15) is 0 Å². The van der Waals surface area contributed by atoms with E-state index in [0.717, 1.165) is 44.2 Å². The van der Waals surface area contributed by atoms with Crippen LogP contribution < -0.4 is 0 Å². The lowest BCUT2D eigenvalue weighted by Gasteiger charge is -2.10. The van der Waals surface area contributed by atoms with Crippen LogP contribution in [0.15, 0.2) is 333 Å². The molecule has 0 aliphatic heterocycles.